The molecule has 2 aromatic rings. The highest BCUT2D eigenvalue weighted by molar-refractivity contribution is 7.09. The third kappa shape index (κ3) is 3.44. The number of halogens is 3. The van der Waals surface area contributed by atoms with E-state index in [9.17, 15) is 13.2 Å². The molecule has 2 rings (SSSR count). The Kier molecular flexibility index (Phi) is 3.75. The number of aryl methyl sites for hydroxylation is 1. The molecular formula is C12H12F3N3S. The first-order valence-electron chi connectivity index (χ1n) is 5.60. The average Bonchev–Trinajstić information content (AvgIpc) is 2.78. The van der Waals surface area contributed by atoms with Gasteiger partial charge in [-0.15, -0.1) is 0 Å². The summed E-state index contributed by atoms with van der Waals surface area (Å²) in [6.45, 7) is 3.83. The van der Waals surface area contributed by atoms with Gasteiger partial charge in [-0.2, -0.15) is 22.5 Å². The van der Waals surface area contributed by atoms with E-state index in [0.29, 0.717) is 11.5 Å². The van der Waals surface area contributed by atoms with E-state index in [4.69, 9.17) is 0 Å². The Labute approximate surface area is 112 Å². The lowest BCUT2D eigenvalue weighted by Gasteiger charge is -2.13. The molecule has 0 saturated carbocycles. The Morgan fingerprint density at radius 1 is 1.21 bits per heavy atom. The number of alkyl halides is 3. The molecule has 7 heteroatoms. The van der Waals surface area contributed by atoms with Crippen LogP contribution in [0.25, 0.3) is 0 Å². The summed E-state index contributed by atoms with van der Waals surface area (Å²) in [5.74, 6) is -1.10. The highest BCUT2D eigenvalue weighted by atomic mass is 32.1. The van der Waals surface area contributed by atoms with Gasteiger partial charge in [0.1, 0.15) is 0 Å². The molecule has 0 saturated heterocycles. The van der Waals surface area contributed by atoms with Crippen molar-refractivity contribution in [3.63, 3.8) is 0 Å². The molecule has 0 aliphatic heterocycles. The van der Waals surface area contributed by atoms with E-state index >= 15 is 0 Å². The predicted octanol–water partition coefficient (Wildman–Crippen LogP) is 4.04. The second-order valence-electron chi connectivity index (χ2n) is 4.20. The Hall–Kier alpha value is -1.63. The van der Waals surface area contributed by atoms with Crippen LogP contribution < -0.4 is 5.32 Å². The standard InChI is InChI=1S/C12H12F3N3S/c1-7-3-5-9(6-4-7)8(2)16-11-17-10(18-19-11)12(13,14)15/h3-6,8H,1-2H3,(H,16,17,18). The molecule has 1 heterocycles. The van der Waals surface area contributed by atoms with Crippen molar-refractivity contribution in [3.8, 4) is 0 Å². The van der Waals surface area contributed by atoms with Crippen LogP contribution in [0.3, 0.4) is 0 Å². The second-order valence-corrected chi connectivity index (χ2v) is 4.95. The zero-order valence-electron chi connectivity index (χ0n) is 10.3. The summed E-state index contributed by atoms with van der Waals surface area (Å²) in [6, 6.07) is 7.63. The number of rotatable bonds is 3. The van der Waals surface area contributed by atoms with Crippen molar-refractivity contribution >= 4 is 16.7 Å². The molecule has 0 amide bonds. The van der Waals surface area contributed by atoms with Crippen LogP contribution in [0.1, 0.15) is 29.9 Å². The summed E-state index contributed by atoms with van der Waals surface area (Å²) in [5.41, 5.74) is 2.11. The number of nitrogens with zero attached hydrogens (tertiary/aromatic N) is 2. The molecule has 102 valence electrons. The van der Waals surface area contributed by atoms with Gasteiger partial charge in [0.15, 0.2) is 0 Å². The average molecular weight is 287 g/mol. The molecule has 0 aliphatic rings. The monoisotopic (exact) mass is 287 g/mol. The van der Waals surface area contributed by atoms with Crippen molar-refractivity contribution in [1.29, 1.82) is 0 Å². The van der Waals surface area contributed by atoms with E-state index in [2.05, 4.69) is 14.7 Å². The van der Waals surface area contributed by atoms with Crippen molar-refractivity contribution in [2.75, 3.05) is 5.32 Å². The molecule has 0 bridgehead atoms. The minimum atomic E-state index is -4.50. The first kappa shape index (κ1) is 13.8. The molecule has 0 aliphatic carbocycles. The van der Waals surface area contributed by atoms with Gasteiger partial charge in [0.25, 0.3) is 0 Å². The number of aromatic nitrogens is 2. The zero-order chi connectivity index (χ0) is 14.0. The van der Waals surface area contributed by atoms with Crippen molar-refractivity contribution < 1.29 is 13.2 Å². The molecule has 0 fully saturated rings. The van der Waals surface area contributed by atoms with E-state index in [1.54, 1.807) is 0 Å². The van der Waals surface area contributed by atoms with E-state index in [-0.39, 0.29) is 11.2 Å². The topological polar surface area (TPSA) is 37.8 Å². The zero-order valence-corrected chi connectivity index (χ0v) is 11.1. The van der Waals surface area contributed by atoms with Crippen LogP contribution in [-0.4, -0.2) is 9.36 Å². The smallest absolute Gasteiger partial charge is 0.354 e. The first-order valence-corrected chi connectivity index (χ1v) is 6.37. The summed E-state index contributed by atoms with van der Waals surface area (Å²) in [5, 5.41) is 3.08. The third-order valence-corrected chi connectivity index (χ3v) is 3.24. The van der Waals surface area contributed by atoms with Gasteiger partial charge in [-0.1, -0.05) is 29.8 Å². The quantitative estimate of drug-likeness (QED) is 0.925. The minimum absolute atomic E-state index is 0.130. The lowest BCUT2D eigenvalue weighted by molar-refractivity contribution is -0.144. The maximum absolute atomic E-state index is 12.4. The van der Waals surface area contributed by atoms with E-state index in [0.717, 1.165) is 11.1 Å². The normalized spacial score (nSPS) is 13.3. The van der Waals surface area contributed by atoms with Crippen LogP contribution in [0.4, 0.5) is 18.3 Å². The largest absolute Gasteiger partial charge is 0.452 e. The number of nitrogens with one attached hydrogen (secondary N) is 1. The van der Waals surface area contributed by atoms with Crippen molar-refractivity contribution in [2.24, 2.45) is 0 Å². The van der Waals surface area contributed by atoms with Gasteiger partial charge in [0, 0.05) is 11.5 Å². The molecule has 1 atom stereocenters. The van der Waals surface area contributed by atoms with Crippen LogP contribution in [0.15, 0.2) is 24.3 Å². The van der Waals surface area contributed by atoms with Crippen LogP contribution in [0, 0.1) is 6.92 Å². The van der Waals surface area contributed by atoms with Gasteiger partial charge >= 0.3 is 6.18 Å². The van der Waals surface area contributed by atoms with Gasteiger partial charge < -0.3 is 5.32 Å². The number of benzene rings is 1. The highest BCUT2D eigenvalue weighted by Gasteiger charge is 2.36. The fourth-order valence-corrected chi connectivity index (χ4v) is 2.19. The van der Waals surface area contributed by atoms with Gasteiger partial charge in [-0.05, 0) is 19.4 Å². The summed E-state index contributed by atoms with van der Waals surface area (Å²) >= 11 is 0.710. The first-order chi connectivity index (χ1) is 8.86. The van der Waals surface area contributed by atoms with Gasteiger partial charge in [-0.3, -0.25) is 0 Å². The number of hydrogen-bond acceptors (Lipinski definition) is 4. The fourth-order valence-electron chi connectivity index (χ4n) is 1.52. The SMILES string of the molecule is Cc1ccc(C(C)Nc2nc(C(F)(F)F)ns2)cc1. The predicted molar refractivity (Wildman–Crippen MR) is 68.1 cm³/mol. The van der Waals surface area contributed by atoms with E-state index < -0.39 is 12.0 Å². The molecule has 0 spiro atoms. The lowest BCUT2D eigenvalue weighted by atomic mass is 10.1. The van der Waals surface area contributed by atoms with Crippen molar-refractivity contribution in [1.82, 2.24) is 9.36 Å². The molecule has 19 heavy (non-hydrogen) atoms. The molecule has 1 N–H and O–H groups in total. The Balaban J connectivity index is 2.08. The maximum Gasteiger partial charge on any atom is 0.452 e. The van der Waals surface area contributed by atoms with E-state index in [1.807, 2.05) is 38.1 Å². The Morgan fingerprint density at radius 2 is 1.84 bits per heavy atom. The third-order valence-electron chi connectivity index (χ3n) is 2.60. The minimum Gasteiger partial charge on any atom is -0.354 e. The number of hydrogen-bond donors (Lipinski definition) is 1. The van der Waals surface area contributed by atoms with Crippen LogP contribution in [0.2, 0.25) is 0 Å². The highest BCUT2D eigenvalue weighted by Crippen LogP contribution is 2.30. The summed E-state index contributed by atoms with van der Waals surface area (Å²) in [6.07, 6.45) is -4.50. The van der Waals surface area contributed by atoms with Crippen molar-refractivity contribution in [3.05, 3.63) is 41.2 Å². The molecule has 1 aromatic heterocycles. The van der Waals surface area contributed by atoms with Crippen LogP contribution in [0.5, 0.6) is 0 Å². The number of anilines is 1. The van der Waals surface area contributed by atoms with Crippen LogP contribution >= 0.6 is 11.5 Å². The van der Waals surface area contributed by atoms with Gasteiger partial charge in [0.2, 0.25) is 11.0 Å². The second kappa shape index (κ2) is 5.16. The van der Waals surface area contributed by atoms with Crippen molar-refractivity contribution in [2.45, 2.75) is 26.1 Å². The molecule has 1 unspecified atom stereocenters. The molecule has 0 radical (unpaired) electrons. The van der Waals surface area contributed by atoms with Gasteiger partial charge in [0.05, 0.1) is 6.04 Å². The summed E-state index contributed by atoms with van der Waals surface area (Å²) in [7, 11) is 0. The fraction of sp³-hybridized carbons (Fsp3) is 0.333. The van der Waals surface area contributed by atoms with Crippen LogP contribution in [-0.2, 0) is 6.18 Å². The molecule has 1 aromatic carbocycles. The Morgan fingerprint density at radius 3 is 2.37 bits per heavy atom. The maximum atomic E-state index is 12.4. The molecule has 3 nitrogen and oxygen atoms in total. The van der Waals surface area contributed by atoms with E-state index in [1.165, 1.54) is 0 Å². The summed E-state index contributed by atoms with van der Waals surface area (Å²) < 4.78 is 40.4. The Bertz CT molecular complexity index is 548. The lowest BCUT2D eigenvalue weighted by Crippen LogP contribution is -2.09. The molecular weight excluding hydrogens is 275 g/mol. The summed E-state index contributed by atoms with van der Waals surface area (Å²) in [4.78, 5) is 3.44. The van der Waals surface area contributed by atoms with Gasteiger partial charge in [-0.25, -0.2) is 0 Å².